The number of piperazine rings is 1. The number of hydrogen-bond acceptors (Lipinski definition) is 7. The highest BCUT2D eigenvalue weighted by Crippen LogP contribution is 2.24. The molecule has 0 unspecified atom stereocenters. The molecule has 0 bridgehead atoms. The Labute approximate surface area is 165 Å². The van der Waals surface area contributed by atoms with E-state index in [0.29, 0.717) is 37.9 Å². The van der Waals surface area contributed by atoms with Crippen LogP contribution in [0, 0.1) is 5.82 Å². The van der Waals surface area contributed by atoms with Gasteiger partial charge in [0.1, 0.15) is 5.82 Å². The standard InChI is InChI=1S/C17H21FN6O3S/c1-2-27-17(26)23-9-7-22(8-10-23)14(25)11-28-16-21-20-15(24(16)19)12-5-3-4-6-13(12)18/h3-6H,2,7-11,19H2,1H3. The van der Waals surface area contributed by atoms with Crippen molar-refractivity contribution >= 4 is 23.8 Å². The molecule has 2 heterocycles. The smallest absolute Gasteiger partial charge is 0.409 e. The van der Waals surface area contributed by atoms with Crippen LogP contribution in [-0.4, -0.2) is 75.2 Å². The maximum atomic E-state index is 13.9. The number of nitrogens with zero attached hydrogens (tertiary/aromatic N) is 5. The summed E-state index contributed by atoms with van der Waals surface area (Å²) < 4.78 is 20.1. The number of thioether (sulfide) groups is 1. The minimum Gasteiger partial charge on any atom is -0.450 e. The third kappa shape index (κ3) is 4.35. The molecule has 9 nitrogen and oxygen atoms in total. The predicted molar refractivity (Wildman–Crippen MR) is 101 cm³/mol. The Balaban J connectivity index is 1.55. The molecule has 2 amide bonds. The number of nitrogen functional groups attached to an aromatic ring is 1. The largest absolute Gasteiger partial charge is 0.450 e. The van der Waals surface area contributed by atoms with Gasteiger partial charge in [-0.05, 0) is 19.1 Å². The molecule has 1 saturated heterocycles. The fourth-order valence-corrected chi connectivity index (χ4v) is 3.53. The number of hydrogen-bond donors (Lipinski definition) is 1. The summed E-state index contributed by atoms with van der Waals surface area (Å²) >= 11 is 1.13. The topological polar surface area (TPSA) is 107 Å². The van der Waals surface area contributed by atoms with Crippen molar-refractivity contribution in [3.05, 3.63) is 30.1 Å². The average molecular weight is 408 g/mol. The molecule has 150 valence electrons. The molecule has 28 heavy (non-hydrogen) atoms. The first kappa shape index (κ1) is 19.9. The van der Waals surface area contributed by atoms with Crippen molar-refractivity contribution in [2.24, 2.45) is 0 Å². The Morgan fingerprint density at radius 3 is 2.54 bits per heavy atom. The zero-order valence-electron chi connectivity index (χ0n) is 15.4. The summed E-state index contributed by atoms with van der Waals surface area (Å²) in [4.78, 5) is 27.4. The summed E-state index contributed by atoms with van der Waals surface area (Å²) in [5, 5.41) is 8.19. The van der Waals surface area contributed by atoms with Gasteiger partial charge in [-0.25, -0.2) is 13.9 Å². The molecule has 1 aromatic heterocycles. The zero-order chi connectivity index (χ0) is 20.1. The number of amides is 2. The minimum absolute atomic E-state index is 0.0936. The van der Waals surface area contributed by atoms with Gasteiger partial charge in [-0.2, -0.15) is 0 Å². The highest BCUT2D eigenvalue weighted by atomic mass is 32.2. The van der Waals surface area contributed by atoms with Gasteiger partial charge in [-0.15, -0.1) is 10.2 Å². The van der Waals surface area contributed by atoms with Crippen LogP contribution < -0.4 is 5.84 Å². The van der Waals surface area contributed by atoms with E-state index in [9.17, 15) is 14.0 Å². The van der Waals surface area contributed by atoms with E-state index in [2.05, 4.69) is 10.2 Å². The van der Waals surface area contributed by atoms with E-state index in [1.165, 1.54) is 10.7 Å². The number of carbonyl (C=O) groups is 2. The van der Waals surface area contributed by atoms with Crippen LogP contribution in [0.2, 0.25) is 0 Å². The van der Waals surface area contributed by atoms with Crippen molar-refractivity contribution in [2.75, 3.05) is 44.4 Å². The lowest BCUT2D eigenvalue weighted by Crippen LogP contribution is -2.51. The quantitative estimate of drug-likeness (QED) is 0.585. The summed E-state index contributed by atoms with van der Waals surface area (Å²) in [6.07, 6.45) is -0.360. The Morgan fingerprint density at radius 1 is 1.18 bits per heavy atom. The molecule has 3 rings (SSSR count). The first-order valence-electron chi connectivity index (χ1n) is 8.79. The van der Waals surface area contributed by atoms with E-state index in [1.807, 2.05) is 0 Å². The van der Waals surface area contributed by atoms with Gasteiger partial charge in [-0.3, -0.25) is 4.79 Å². The maximum Gasteiger partial charge on any atom is 0.409 e. The van der Waals surface area contributed by atoms with Crippen LogP contribution >= 0.6 is 11.8 Å². The summed E-state index contributed by atoms with van der Waals surface area (Å²) in [6, 6.07) is 6.13. The third-order valence-corrected chi connectivity index (χ3v) is 5.19. The molecule has 1 fully saturated rings. The van der Waals surface area contributed by atoms with E-state index in [-0.39, 0.29) is 29.1 Å². The van der Waals surface area contributed by atoms with Crippen LogP contribution in [0.4, 0.5) is 9.18 Å². The van der Waals surface area contributed by atoms with Gasteiger partial charge in [0.15, 0.2) is 5.82 Å². The zero-order valence-corrected chi connectivity index (χ0v) is 16.2. The Kier molecular flexibility index (Phi) is 6.34. The molecule has 0 radical (unpaired) electrons. The first-order valence-corrected chi connectivity index (χ1v) is 9.77. The van der Waals surface area contributed by atoms with Crippen molar-refractivity contribution in [1.82, 2.24) is 24.7 Å². The predicted octanol–water partition coefficient (Wildman–Crippen LogP) is 1.19. The lowest BCUT2D eigenvalue weighted by atomic mass is 10.2. The molecular weight excluding hydrogens is 387 g/mol. The van der Waals surface area contributed by atoms with E-state index in [0.717, 1.165) is 11.8 Å². The van der Waals surface area contributed by atoms with Crippen LogP contribution in [0.1, 0.15) is 6.92 Å². The van der Waals surface area contributed by atoms with Crippen molar-refractivity contribution in [3.8, 4) is 11.4 Å². The molecule has 1 aliphatic heterocycles. The van der Waals surface area contributed by atoms with Gasteiger partial charge in [-0.1, -0.05) is 23.9 Å². The third-order valence-electron chi connectivity index (χ3n) is 4.26. The van der Waals surface area contributed by atoms with Gasteiger partial charge in [0, 0.05) is 26.2 Å². The number of benzene rings is 1. The molecule has 1 aliphatic rings. The van der Waals surface area contributed by atoms with Gasteiger partial charge in [0.05, 0.1) is 17.9 Å². The van der Waals surface area contributed by atoms with Crippen LogP contribution in [-0.2, 0) is 9.53 Å². The lowest BCUT2D eigenvalue weighted by Gasteiger charge is -2.34. The van der Waals surface area contributed by atoms with Gasteiger partial charge in [0.2, 0.25) is 11.1 Å². The molecule has 0 aliphatic carbocycles. The molecule has 11 heteroatoms. The van der Waals surface area contributed by atoms with Crippen LogP contribution in [0.15, 0.2) is 29.4 Å². The van der Waals surface area contributed by atoms with Crippen molar-refractivity contribution in [1.29, 1.82) is 0 Å². The highest BCUT2D eigenvalue weighted by molar-refractivity contribution is 7.99. The van der Waals surface area contributed by atoms with Gasteiger partial charge in [0.25, 0.3) is 0 Å². The number of halogens is 1. The molecule has 0 atom stereocenters. The SMILES string of the molecule is CCOC(=O)N1CCN(C(=O)CSc2nnc(-c3ccccc3F)n2N)CC1. The monoisotopic (exact) mass is 408 g/mol. The van der Waals surface area contributed by atoms with Gasteiger partial charge < -0.3 is 20.4 Å². The van der Waals surface area contributed by atoms with Crippen LogP contribution in [0.25, 0.3) is 11.4 Å². The van der Waals surface area contributed by atoms with Crippen LogP contribution in [0.3, 0.4) is 0 Å². The second-order valence-electron chi connectivity index (χ2n) is 6.01. The van der Waals surface area contributed by atoms with Crippen molar-refractivity contribution in [3.63, 3.8) is 0 Å². The summed E-state index contributed by atoms with van der Waals surface area (Å²) in [7, 11) is 0. The van der Waals surface area contributed by atoms with Crippen molar-refractivity contribution in [2.45, 2.75) is 12.1 Å². The molecule has 1 aromatic carbocycles. The summed E-state index contributed by atoms with van der Waals surface area (Å²) in [5.74, 6) is 5.73. The average Bonchev–Trinajstić information content (AvgIpc) is 3.07. The molecule has 0 spiro atoms. The normalized spacial score (nSPS) is 14.2. The van der Waals surface area contributed by atoms with Crippen LogP contribution in [0.5, 0.6) is 0 Å². The van der Waals surface area contributed by atoms with E-state index >= 15 is 0 Å². The fourth-order valence-electron chi connectivity index (χ4n) is 2.77. The lowest BCUT2D eigenvalue weighted by molar-refractivity contribution is -0.129. The number of aromatic nitrogens is 3. The molecule has 0 saturated carbocycles. The molecular formula is C17H21FN6O3S. The Morgan fingerprint density at radius 2 is 1.86 bits per heavy atom. The maximum absolute atomic E-state index is 13.9. The second-order valence-corrected chi connectivity index (χ2v) is 6.95. The number of carbonyl (C=O) groups excluding carboxylic acids is 2. The molecule has 2 aromatic rings. The van der Waals surface area contributed by atoms with E-state index in [1.54, 1.807) is 34.9 Å². The minimum atomic E-state index is -0.450. The highest BCUT2D eigenvalue weighted by Gasteiger charge is 2.25. The summed E-state index contributed by atoms with van der Waals surface area (Å²) in [5.41, 5.74) is 0.241. The molecule has 2 N–H and O–H groups in total. The first-order chi connectivity index (χ1) is 13.5. The van der Waals surface area contributed by atoms with E-state index < -0.39 is 5.82 Å². The Bertz CT molecular complexity index is 853. The van der Waals surface area contributed by atoms with Crippen molar-refractivity contribution < 1.29 is 18.7 Å². The number of nitrogens with two attached hydrogens (primary N) is 1. The Hall–Kier alpha value is -2.82. The van der Waals surface area contributed by atoms with E-state index in [4.69, 9.17) is 10.6 Å². The fraction of sp³-hybridized carbons (Fsp3) is 0.412. The summed E-state index contributed by atoms with van der Waals surface area (Å²) in [6.45, 7) is 3.81. The second kappa shape index (κ2) is 8.91. The number of ether oxygens (including phenoxy) is 1. The van der Waals surface area contributed by atoms with Gasteiger partial charge >= 0.3 is 6.09 Å². The number of rotatable bonds is 5.